The minimum Gasteiger partial charge on any atom is -0.493 e. The van der Waals surface area contributed by atoms with Crippen LogP contribution in [0.2, 0.25) is 0 Å². The molecule has 0 aliphatic heterocycles. The summed E-state index contributed by atoms with van der Waals surface area (Å²) in [6.07, 6.45) is 2.17. The van der Waals surface area contributed by atoms with Crippen molar-refractivity contribution in [3.05, 3.63) is 72.6 Å². The second-order valence-electron chi connectivity index (χ2n) is 6.53. The van der Waals surface area contributed by atoms with E-state index in [0.717, 1.165) is 0 Å². The highest BCUT2D eigenvalue weighted by molar-refractivity contribution is 7.92. The number of sulfonamides is 1. The number of pyridine rings is 2. The van der Waals surface area contributed by atoms with Gasteiger partial charge in [0.2, 0.25) is 5.75 Å². The van der Waals surface area contributed by atoms with E-state index in [-0.39, 0.29) is 28.5 Å². The number of benzene rings is 1. The van der Waals surface area contributed by atoms with Gasteiger partial charge in [-0.1, -0.05) is 18.2 Å². The Labute approximate surface area is 209 Å². The van der Waals surface area contributed by atoms with Crippen molar-refractivity contribution < 1.29 is 35.0 Å². The summed E-state index contributed by atoms with van der Waals surface area (Å²) in [7, 11) is -11.0. The molecule has 0 aliphatic carbocycles. The molecule has 0 fully saturated rings. The van der Waals surface area contributed by atoms with Gasteiger partial charge < -0.3 is 14.2 Å². The van der Waals surface area contributed by atoms with Crippen molar-refractivity contribution in [2.45, 2.75) is 11.9 Å². The molecule has 4 rings (SSSR count). The highest BCUT2D eigenvalue weighted by Crippen LogP contribution is 2.41. The van der Waals surface area contributed by atoms with E-state index in [0.29, 0.717) is 0 Å². The van der Waals surface area contributed by atoms with Crippen LogP contribution in [0.25, 0.3) is 11.4 Å². The Kier molecular flexibility index (Phi) is 4.03. The van der Waals surface area contributed by atoms with Gasteiger partial charge in [-0.2, -0.15) is 13.4 Å². The fraction of sp³-hybridized carbons (Fsp3) is 0.130. The molecule has 0 bridgehead atoms. The molecule has 0 radical (unpaired) electrons. The van der Waals surface area contributed by atoms with E-state index in [4.69, 9.17) is 26.5 Å². The van der Waals surface area contributed by atoms with Gasteiger partial charge in [-0.3, -0.25) is 9.71 Å². The predicted molar refractivity (Wildman–Crippen MR) is 125 cm³/mol. The maximum atomic E-state index is 13.5. The third-order valence-corrected chi connectivity index (χ3v) is 5.37. The highest BCUT2D eigenvalue weighted by Gasteiger charge is 2.25. The molecule has 1 aromatic carbocycles. The molecule has 4 aromatic rings. The number of nitrogens with zero attached hydrogens (tertiary/aromatic N) is 4. The van der Waals surface area contributed by atoms with Gasteiger partial charge in [0.1, 0.15) is 0 Å². The lowest BCUT2D eigenvalue weighted by molar-refractivity contribution is 0.348. The normalized spacial score (nSPS) is 15.6. The second-order valence-corrected chi connectivity index (χ2v) is 8.13. The average molecular weight is 489 g/mol. The molecule has 0 aliphatic rings. The number of aromatic nitrogens is 4. The van der Waals surface area contributed by atoms with Gasteiger partial charge in [-0.05, 0) is 42.8 Å². The Balaban J connectivity index is 1.97. The molecular formula is C23H21N5O5S. The molecule has 0 saturated carbocycles. The van der Waals surface area contributed by atoms with Crippen molar-refractivity contribution in [2.75, 3.05) is 18.8 Å². The summed E-state index contributed by atoms with van der Waals surface area (Å²) in [4.78, 5) is 15.8. The zero-order valence-electron chi connectivity index (χ0n) is 26.4. The van der Waals surface area contributed by atoms with Gasteiger partial charge in [-0.25, -0.2) is 9.97 Å². The third-order valence-electron chi connectivity index (χ3n) is 4.21. The van der Waals surface area contributed by atoms with Crippen LogP contribution in [0.3, 0.4) is 0 Å². The zero-order valence-corrected chi connectivity index (χ0v) is 18.2. The van der Waals surface area contributed by atoms with Crippen LogP contribution in [-0.4, -0.2) is 42.4 Å². The Bertz CT molecular complexity index is 1770. The quantitative estimate of drug-likeness (QED) is 0.393. The lowest BCUT2D eigenvalue weighted by Crippen LogP contribution is -2.17. The number of hydrogen-bond donors (Lipinski definition) is 1. The van der Waals surface area contributed by atoms with Crippen LogP contribution in [-0.2, 0) is 10.0 Å². The first kappa shape index (κ1) is 14.1. The molecule has 34 heavy (non-hydrogen) atoms. The first-order valence-electron chi connectivity index (χ1n) is 13.9. The Morgan fingerprint density at radius 2 is 1.76 bits per heavy atom. The van der Waals surface area contributed by atoms with Crippen LogP contribution in [0, 0.1) is 6.92 Å². The van der Waals surface area contributed by atoms with Gasteiger partial charge in [0.15, 0.2) is 28.2 Å². The molecule has 11 heteroatoms. The molecule has 0 unspecified atom stereocenters. The minimum atomic E-state index is -4.91. The van der Waals surface area contributed by atoms with Crippen molar-refractivity contribution in [3.63, 3.8) is 0 Å². The van der Waals surface area contributed by atoms with E-state index < -0.39 is 64.8 Å². The van der Waals surface area contributed by atoms with Gasteiger partial charge >= 0.3 is 0 Å². The number of nitrogens with one attached hydrogen (secondary N) is 1. The van der Waals surface area contributed by atoms with Crippen molar-refractivity contribution in [1.82, 2.24) is 19.9 Å². The summed E-state index contributed by atoms with van der Waals surface area (Å²) >= 11 is 0. The van der Waals surface area contributed by atoms with E-state index in [2.05, 4.69) is 24.7 Å². The van der Waals surface area contributed by atoms with Crippen molar-refractivity contribution in [2.24, 2.45) is 0 Å². The number of hydrogen-bond acceptors (Lipinski definition) is 9. The molecule has 10 nitrogen and oxygen atoms in total. The average Bonchev–Trinajstić information content (AvgIpc) is 2.90. The molecule has 0 amide bonds. The van der Waals surface area contributed by atoms with Gasteiger partial charge in [0.25, 0.3) is 15.9 Å². The van der Waals surface area contributed by atoms with Crippen LogP contribution >= 0.6 is 0 Å². The van der Waals surface area contributed by atoms with E-state index in [1.807, 2.05) is 0 Å². The van der Waals surface area contributed by atoms with E-state index in [1.54, 1.807) is 0 Å². The SMILES string of the molecule is [2H]c1nc(S(=O)(=O)Nc2nc(-c3ccncc3)nc(OC([2H])([2H])[2H])c2Oc2ccccc2OC([2H])([2H])[2H])c([2H])c([2H])c1C. The minimum absolute atomic E-state index is 0.0331. The molecule has 3 heterocycles. The lowest BCUT2D eigenvalue weighted by atomic mass is 10.2. The van der Waals surface area contributed by atoms with Crippen LogP contribution in [0.5, 0.6) is 23.1 Å². The van der Waals surface area contributed by atoms with E-state index in [9.17, 15) is 8.42 Å². The smallest absolute Gasteiger partial charge is 0.280 e. The molecule has 0 saturated heterocycles. The largest absolute Gasteiger partial charge is 0.493 e. The number of rotatable bonds is 8. The Morgan fingerprint density at radius 3 is 2.53 bits per heavy atom. The third kappa shape index (κ3) is 4.89. The molecule has 0 atom stereocenters. The molecule has 1 N–H and O–H groups in total. The van der Waals surface area contributed by atoms with Crippen LogP contribution in [0.1, 0.15) is 17.9 Å². The van der Waals surface area contributed by atoms with E-state index in [1.165, 1.54) is 55.7 Å². The standard InChI is InChI=1S/C23H21N5O5S/c1-15-8-9-19(25-14-15)34(29,30)28-22-20(33-18-7-5-4-6-17(18)31-2)23(32-3)27-21(26-22)16-10-12-24-13-11-16/h4-14H,1-3H3,(H,26,27,28)/i2D3,3D3,8D,9D,14D. The van der Waals surface area contributed by atoms with Crippen LogP contribution in [0.15, 0.2) is 72.1 Å². The van der Waals surface area contributed by atoms with E-state index >= 15 is 0 Å². The van der Waals surface area contributed by atoms with Crippen molar-refractivity contribution in [3.8, 4) is 34.5 Å². The van der Waals surface area contributed by atoms with Gasteiger partial charge in [0.05, 0.1) is 26.4 Å². The molecule has 3 aromatic heterocycles. The van der Waals surface area contributed by atoms with Crippen molar-refractivity contribution >= 4 is 15.8 Å². The second kappa shape index (κ2) is 9.71. The monoisotopic (exact) mass is 488 g/mol. The van der Waals surface area contributed by atoms with Gasteiger partial charge in [0, 0.05) is 24.1 Å². The zero-order chi connectivity index (χ0) is 31.7. The Morgan fingerprint density at radius 1 is 1.00 bits per heavy atom. The van der Waals surface area contributed by atoms with Crippen LogP contribution < -0.4 is 18.9 Å². The highest BCUT2D eigenvalue weighted by atomic mass is 32.2. The first-order chi connectivity index (χ1) is 19.9. The van der Waals surface area contributed by atoms with Crippen molar-refractivity contribution in [1.29, 1.82) is 0 Å². The summed E-state index contributed by atoms with van der Waals surface area (Å²) in [6.45, 7) is 1.33. The fourth-order valence-corrected chi connectivity index (χ4v) is 3.50. The Hall–Kier alpha value is -4.25. The maximum absolute atomic E-state index is 13.5. The lowest BCUT2D eigenvalue weighted by Gasteiger charge is -2.17. The molecular weight excluding hydrogens is 458 g/mol. The van der Waals surface area contributed by atoms with Gasteiger partial charge in [-0.15, -0.1) is 0 Å². The molecule has 0 spiro atoms. The summed E-state index contributed by atoms with van der Waals surface area (Å²) in [5, 5.41) is -0.993. The summed E-state index contributed by atoms with van der Waals surface area (Å²) in [5.74, 6) is -3.12. The maximum Gasteiger partial charge on any atom is 0.280 e. The predicted octanol–water partition coefficient (Wildman–Crippen LogP) is 3.85. The summed E-state index contributed by atoms with van der Waals surface area (Å²) in [5.41, 5.74) is 0.217. The topological polar surface area (TPSA) is 125 Å². The number of para-hydroxylation sites is 2. The number of ether oxygens (including phenoxy) is 3. The number of anilines is 1. The van der Waals surface area contributed by atoms with Crippen LogP contribution in [0.4, 0.5) is 5.82 Å². The summed E-state index contributed by atoms with van der Waals surface area (Å²) in [6, 6.07) is 6.84. The summed E-state index contributed by atoms with van der Waals surface area (Å²) < 4.78 is 114. The first-order valence-corrected chi connectivity index (χ1v) is 10.9. The number of methoxy groups -OCH3 is 2. The fourth-order valence-electron chi connectivity index (χ4n) is 2.66. The molecule has 174 valence electrons.